The predicted molar refractivity (Wildman–Crippen MR) is 97.2 cm³/mol. The van der Waals surface area contributed by atoms with Crippen molar-refractivity contribution in [1.82, 2.24) is 10.3 Å². The first-order chi connectivity index (χ1) is 12.2. The van der Waals surface area contributed by atoms with Gasteiger partial charge in [0.05, 0.1) is 24.9 Å². The molecule has 0 unspecified atom stereocenters. The van der Waals surface area contributed by atoms with Gasteiger partial charge in [-0.2, -0.15) is 0 Å². The quantitative estimate of drug-likeness (QED) is 0.789. The third-order valence-corrected chi connectivity index (χ3v) is 4.86. The van der Waals surface area contributed by atoms with Crippen molar-refractivity contribution in [3.05, 3.63) is 47.0 Å². The summed E-state index contributed by atoms with van der Waals surface area (Å²) in [4.78, 5) is 16.4. The highest BCUT2D eigenvalue weighted by atomic mass is 32.1. The Labute approximate surface area is 151 Å². The Bertz CT molecular complexity index is 677. The summed E-state index contributed by atoms with van der Waals surface area (Å²) in [6.07, 6.45) is 1.62. The van der Waals surface area contributed by atoms with Crippen molar-refractivity contribution in [3.8, 4) is 0 Å². The SMILES string of the molecule is Nc1nc(CCC(=O)N[C@@H]2CCOC[C@H]2OCc2ccccc2)cs1. The van der Waals surface area contributed by atoms with Gasteiger partial charge in [0.2, 0.25) is 5.91 Å². The van der Waals surface area contributed by atoms with Crippen molar-refractivity contribution in [2.24, 2.45) is 0 Å². The van der Waals surface area contributed by atoms with Crippen molar-refractivity contribution >= 4 is 22.4 Å². The molecule has 0 radical (unpaired) electrons. The Kier molecular flexibility index (Phi) is 6.38. The fourth-order valence-corrected chi connectivity index (χ4v) is 3.37. The maximum atomic E-state index is 12.2. The van der Waals surface area contributed by atoms with E-state index < -0.39 is 0 Å². The zero-order valence-corrected chi connectivity index (χ0v) is 14.8. The first-order valence-electron chi connectivity index (χ1n) is 8.43. The molecule has 2 atom stereocenters. The summed E-state index contributed by atoms with van der Waals surface area (Å²) in [6, 6.07) is 9.98. The Morgan fingerprint density at radius 2 is 2.24 bits per heavy atom. The van der Waals surface area contributed by atoms with E-state index in [9.17, 15) is 4.79 Å². The van der Waals surface area contributed by atoms with Gasteiger partial charge in [-0.05, 0) is 18.4 Å². The molecule has 7 heteroatoms. The summed E-state index contributed by atoms with van der Waals surface area (Å²) in [6.45, 7) is 1.65. The highest BCUT2D eigenvalue weighted by Gasteiger charge is 2.27. The fraction of sp³-hybridized carbons (Fsp3) is 0.444. The molecule has 3 rings (SSSR count). The predicted octanol–water partition coefficient (Wildman–Crippen LogP) is 2.15. The number of hydrogen-bond acceptors (Lipinski definition) is 6. The summed E-state index contributed by atoms with van der Waals surface area (Å²) >= 11 is 1.40. The zero-order chi connectivity index (χ0) is 17.5. The number of thiazole rings is 1. The van der Waals surface area contributed by atoms with Crippen LogP contribution in [-0.4, -0.2) is 36.3 Å². The van der Waals surface area contributed by atoms with Crippen LogP contribution in [0.4, 0.5) is 5.13 Å². The van der Waals surface area contributed by atoms with E-state index >= 15 is 0 Å². The molecule has 3 N–H and O–H groups in total. The molecule has 6 nitrogen and oxygen atoms in total. The summed E-state index contributed by atoms with van der Waals surface area (Å²) in [5.74, 6) is 0.00628. The molecule has 1 aromatic heterocycles. The normalized spacial score (nSPS) is 20.3. The molecule has 0 aliphatic carbocycles. The number of benzene rings is 1. The zero-order valence-electron chi connectivity index (χ0n) is 14.0. The monoisotopic (exact) mass is 361 g/mol. The van der Waals surface area contributed by atoms with Gasteiger partial charge in [-0.25, -0.2) is 4.98 Å². The van der Waals surface area contributed by atoms with Crippen molar-refractivity contribution in [2.75, 3.05) is 18.9 Å². The molecular weight excluding hydrogens is 338 g/mol. The lowest BCUT2D eigenvalue weighted by Crippen LogP contribution is -2.50. The van der Waals surface area contributed by atoms with Gasteiger partial charge in [-0.15, -0.1) is 11.3 Å². The molecule has 1 aliphatic rings. The summed E-state index contributed by atoms with van der Waals surface area (Å²) < 4.78 is 11.5. The number of nitrogens with one attached hydrogen (secondary N) is 1. The van der Waals surface area contributed by atoms with E-state index in [4.69, 9.17) is 15.2 Å². The van der Waals surface area contributed by atoms with Gasteiger partial charge in [0.25, 0.3) is 0 Å². The number of nitrogens with zero attached hydrogens (tertiary/aromatic N) is 1. The highest BCUT2D eigenvalue weighted by Crippen LogP contribution is 2.15. The molecule has 0 bridgehead atoms. The third-order valence-electron chi connectivity index (χ3n) is 4.14. The Hall–Kier alpha value is -1.96. The molecule has 25 heavy (non-hydrogen) atoms. The lowest BCUT2D eigenvalue weighted by atomic mass is 10.1. The van der Waals surface area contributed by atoms with E-state index in [0.717, 1.165) is 17.7 Å². The number of nitrogen functional groups attached to an aromatic ring is 1. The number of anilines is 1. The molecule has 1 saturated heterocycles. The van der Waals surface area contributed by atoms with Crippen LogP contribution in [0.3, 0.4) is 0 Å². The van der Waals surface area contributed by atoms with Crippen LogP contribution in [-0.2, 0) is 27.3 Å². The van der Waals surface area contributed by atoms with Gasteiger partial charge < -0.3 is 20.5 Å². The molecule has 1 aliphatic heterocycles. The number of aryl methyl sites for hydroxylation is 1. The van der Waals surface area contributed by atoms with Gasteiger partial charge in [0.1, 0.15) is 6.10 Å². The van der Waals surface area contributed by atoms with Gasteiger partial charge in [0.15, 0.2) is 5.13 Å². The Morgan fingerprint density at radius 3 is 3.00 bits per heavy atom. The number of carbonyl (C=O) groups is 1. The highest BCUT2D eigenvalue weighted by molar-refractivity contribution is 7.13. The smallest absolute Gasteiger partial charge is 0.220 e. The molecule has 1 amide bonds. The minimum Gasteiger partial charge on any atom is -0.379 e. The topological polar surface area (TPSA) is 86.5 Å². The Morgan fingerprint density at radius 1 is 1.40 bits per heavy atom. The van der Waals surface area contributed by atoms with Crippen LogP contribution in [0.1, 0.15) is 24.1 Å². The van der Waals surface area contributed by atoms with Crippen LogP contribution in [0.25, 0.3) is 0 Å². The molecule has 2 heterocycles. The summed E-state index contributed by atoms with van der Waals surface area (Å²) in [5, 5.41) is 5.51. The van der Waals surface area contributed by atoms with E-state index in [2.05, 4.69) is 10.3 Å². The van der Waals surface area contributed by atoms with Crippen LogP contribution in [0, 0.1) is 0 Å². The number of aromatic nitrogens is 1. The molecule has 0 saturated carbocycles. The maximum absolute atomic E-state index is 12.2. The van der Waals surface area contributed by atoms with E-state index in [-0.39, 0.29) is 18.1 Å². The summed E-state index contributed by atoms with van der Waals surface area (Å²) in [7, 11) is 0. The van der Waals surface area contributed by atoms with Crippen molar-refractivity contribution in [3.63, 3.8) is 0 Å². The molecule has 134 valence electrons. The van der Waals surface area contributed by atoms with Gasteiger partial charge in [0, 0.05) is 18.4 Å². The first-order valence-corrected chi connectivity index (χ1v) is 9.31. The van der Waals surface area contributed by atoms with Crippen LogP contribution in [0.5, 0.6) is 0 Å². The van der Waals surface area contributed by atoms with Gasteiger partial charge in [-0.3, -0.25) is 4.79 Å². The molecule has 1 fully saturated rings. The second-order valence-corrected chi connectivity index (χ2v) is 6.94. The second-order valence-electron chi connectivity index (χ2n) is 6.05. The number of hydrogen-bond donors (Lipinski definition) is 2. The number of amides is 1. The van der Waals surface area contributed by atoms with Crippen LogP contribution in [0.2, 0.25) is 0 Å². The minimum atomic E-state index is -0.132. The number of rotatable bonds is 7. The van der Waals surface area contributed by atoms with E-state index in [1.807, 2.05) is 35.7 Å². The van der Waals surface area contributed by atoms with Gasteiger partial charge in [-0.1, -0.05) is 30.3 Å². The lowest BCUT2D eigenvalue weighted by molar-refractivity contribution is -0.126. The van der Waals surface area contributed by atoms with Crippen LogP contribution >= 0.6 is 11.3 Å². The van der Waals surface area contributed by atoms with Crippen molar-refractivity contribution in [2.45, 2.75) is 38.0 Å². The van der Waals surface area contributed by atoms with E-state index in [1.54, 1.807) is 0 Å². The number of nitrogens with two attached hydrogens (primary N) is 1. The maximum Gasteiger partial charge on any atom is 0.220 e. The minimum absolute atomic E-state index is 0.00628. The van der Waals surface area contributed by atoms with Crippen LogP contribution in [0.15, 0.2) is 35.7 Å². The molecule has 0 spiro atoms. The largest absolute Gasteiger partial charge is 0.379 e. The first kappa shape index (κ1) is 17.8. The second kappa shape index (κ2) is 8.94. The van der Waals surface area contributed by atoms with E-state index in [1.165, 1.54) is 11.3 Å². The fourth-order valence-electron chi connectivity index (χ4n) is 2.78. The average Bonchev–Trinajstić information content (AvgIpc) is 3.05. The van der Waals surface area contributed by atoms with E-state index in [0.29, 0.717) is 37.8 Å². The number of ether oxygens (including phenoxy) is 2. The average molecular weight is 361 g/mol. The third kappa shape index (κ3) is 5.52. The van der Waals surface area contributed by atoms with Crippen LogP contribution < -0.4 is 11.1 Å². The van der Waals surface area contributed by atoms with Crippen molar-refractivity contribution in [1.29, 1.82) is 0 Å². The molecular formula is C18H23N3O3S. The molecule has 2 aromatic rings. The Balaban J connectivity index is 1.47. The van der Waals surface area contributed by atoms with Gasteiger partial charge >= 0.3 is 0 Å². The standard InChI is InChI=1S/C18H23N3O3S/c19-18-20-14(12-25-18)6-7-17(22)21-15-8-9-23-11-16(15)24-10-13-4-2-1-3-5-13/h1-5,12,15-16H,6-11H2,(H2,19,20)(H,21,22)/t15-,16-/m1/s1. The molecule has 1 aromatic carbocycles. The lowest BCUT2D eigenvalue weighted by Gasteiger charge is -2.32. The van der Waals surface area contributed by atoms with Crippen molar-refractivity contribution < 1.29 is 14.3 Å². The number of carbonyl (C=O) groups excluding carboxylic acids is 1. The summed E-state index contributed by atoms with van der Waals surface area (Å²) in [5.41, 5.74) is 7.58.